The summed E-state index contributed by atoms with van der Waals surface area (Å²) in [6.45, 7) is 3.85. The number of esters is 2. The van der Waals surface area contributed by atoms with Gasteiger partial charge in [-0.05, 0) is 84.0 Å². The van der Waals surface area contributed by atoms with E-state index in [2.05, 4.69) is 32.1 Å². The van der Waals surface area contributed by atoms with Gasteiger partial charge in [0.25, 0.3) is 0 Å². The van der Waals surface area contributed by atoms with Crippen LogP contribution in [-0.4, -0.2) is 33.3 Å². The first-order chi connectivity index (χ1) is 11.8. The minimum Gasteiger partial charge on any atom is -0.496 e. The van der Waals surface area contributed by atoms with E-state index in [0.29, 0.717) is 11.1 Å². The van der Waals surface area contributed by atoms with Crippen molar-refractivity contribution < 1.29 is 23.8 Å². The Morgan fingerprint density at radius 1 is 0.800 bits per heavy atom. The van der Waals surface area contributed by atoms with Crippen LogP contribution >= 0.6 is 22.6 Å². The molecule has 0 aromatic heterocycles. The quantitative estimate of drug-likeness (QED) is 0.513. The van der Waals surface area contributed by atoms with Gasteiger partial charge in [0, 0.05) is 3.57 Å². The molecule has 25 heavy (non-hydrogen) atoms. The molecule has 134 valence electrons. The third kappa shape index (κ3) is 6.04. The summed E-state index contributed by atoms with van der Waals surface area (Å²) in [5, 5.41) is 0. The summed E-state index contributed by atoms with van der Waals surface area (Å²) >= 11 is 2.22. The Hall–Kier alpha value is -2.09. The van der Waals surface area contributed by atoms with Gasteiger partial charge in [0.1, 0.15) is 5.75 Å². The smallest absolute Gasteiger partial charge is 0.337 e. The van der Waals surface area contributed by atoms with Crippen molar-refractivity contribution in [2.24, 2.45) is 0 Å². The first-order valence-electron chi connectivity index (χ1n) is 7.41. The number of methoxy groups -OCH3 is 3. The molecule has 0 aliphatic rings. The van der Waals surface area contributed by atoms with Crippen molar-refractivity contribution in [2.75, 3.05) is 21.3 Å². The number of halogens is 1. The Kier molecular flexibility index (Phi) is 8.40. The van der Waals surface area contributed by atoms with Gasteiger partial charge in [-0.15, -0.1) is 0 Å². The zero-order valence-electron chi connectivity index (χ0n) is 14.9. The molecule has 2 aromatic rings. The molecule has 0 bridgehead atoms. The van der Waals surface area contributed by atoms with Gasteiger partial charge in [0.05, 0.1) is 32.5 Å². The zero-order chi connectivity index (χ0) is 19.0. The van der Waals surface area contributed by atoms with Crippen LogP contribution < -0.4 is 4.74 Å². The van der Waals surface area contributed by atoms with Gasteiger partial charge < -0.3 is 14.2 Å². The molecule has 0 aliphatic carbocycles. The number of rotatable bonds is 3. The highest BCUT2D eigenvalue weighted by Crippen LogP contribution is 2.18. The lowest BCUT2D eigenvalue weighted by atomic mass is 10.1. The Labute approximate surface area is 161 Å². The Morgan fingerprint density at radius 3 is 1.68 bits per heavy atom. The topological polar surface area (TPSA) is 61.8 Å². The van der Waals surface area contributed by atoms with Crippen molar-refractivity contribution >= 4 is 34.5 Å². The number of ether oxygens (including phenoxy) is 3. The number of aryl methyl sites for hydroxylation is 2. The first kappa shape index (κ1) is 21.0. The van der Waals surface area contributed by atoms with Crippen molar-refractivity contribution in [2.45, 2.75) is 13.8 Å². The molecular weight excluding hydrogens is 435 g/mol. The van der Waals surface area contributed by atoms with E-state index in [1.165, 1.54) is 14.2 Å². The second kappa shape index (κ2) is 10.0. The summed E-state index contributed by atoms with van der Waals surface area (Å²) in [6, 6.07) is 10.7. The predicted octanol–water partition coefficient (Wildman–Crippen LogP) is 4.18. The maximum atomic E-state index is 11.1. The number of hydrogen-bond donors (Lipinski definition) is 0. The summed E-state index contributed by atoms with van der Waals surface area (Å²) in [5.41, 5.74) is 3.17. The highest BCUT2D eigenvalue weighted by Gasteiger charge is 2.07. The number of benzene rings is 2. The molecule has 0 radical (unpaired) electrons. The van der Waals surface area contributed by atoms with Gasteiger partial charge in [0.15, 0.2) is 0 Å². The minimum absolute atomic E-state index is 0.283. The van der Waals surface area contributed by atoms with Gasteiger partial charge in [0.2, 0.25) is 0 Å². The number of hydrogen-bond acceptors (Lipinski definition) is 5. The standard InChI is InChI=1S/C10H12O3.C9H9IO2/c1-7-6-8(10(11)13-3)4-5-9(7)12-2;1-6-5-7(9(11)12-2)3-4-8(6)10/h4-6H,1-3H3;3-5H,1-2H3. The average molecular weight is 456 g/mol. The highest BCUT2D eigenvalue weighted by atomic mass is 127. The molecule has 0 fully saturated rings. The minimum atomic E-state index is -0.328. The van der Waals surface area contributed by atoms with E-state index in [1.54, 1.807) is 31.4 Å². The summed E-state index contributed by atoms with van der Waals surface area (Å²) in [4.78, 5) is 22.2. The summed E-state index contributed by atoms with van der Waals surface area (Å²) in [5.74, 6) is 0.160. The highest BCUT2D eigenvalue weighted by molar-refractivity contribution is 14.1. The molecule has 0 amide bonds. The lowest BCUT2D eigenvalue weighted by Gasteiger charge is -2.05. The van der Waals surface area contributed by atoms with Crippen LogP contribution in [0.15, 0.2) is 36.4 Å². The average Bonchev–Trinajstić information content (AvgIpc) is 2.63. The summed E-state index contributed by atoms with van der Waals surface area (Å²) in [7, 11) is 4.34. The maximum Gasteiger partial charge on any atom is 0.337 e. The van der Waals surface area contributed by atoms with Gasteiger partial charge in [-0.25, -0.2) is 9.59 Å². The fraction of sp³-hybridized carbons (Fsp3) is 0.263. The Morgan fingerprint density at radius 2 is 1.28 bits per heavy atom. The largest absolute Gasteiger partial charge is 0.496 e. The van der Waals surface area contributed by atoms with Crippen molar-refractivity contribution in [1.82, 2.24) is 0 Å². The van der Waals surface area contributed by atoms with Crippen LogP contribution in [0.25, 0.3) is 0 Å². The van der Waals surface area contributed by atoms with Crippen molar-refractivity contribution in [1.29, 1.82) is 0 Å². The molecule has 0 spiro atoms. The van der Waals surface area contributed by atoms with Crippen LogP contribution in [0.3, 0.4) is 0 Å². The van der Waals surface area contributed by atoms with E-state index in [9.17, 15) is 9.59 Å². The maximum absolute atomic E-state index is 11.1. The molecule has 0 saturated carbocycles. The Bertz CT molecular complexity index is 755. The van der Waals surface area contributed by atoms with E-state index in [0.717, 1.165) is 20.4 Å². The van der Waals surface area contributed by atoms with E-state index < -0.39 is 0 Å². The molecule has 2 aromatic carbocycles. The molecule has 0 N–H and O–H groups in total. The second-order valence-corrected chi connectivity index (χ2v) is 6.29. The zero-order valence-corrected chi connectivity index (χ0v) is 17.0. The van der Waals surface area contributed by atoms with Crippen LogP contribution in [0.5, 0.6) is 5.75 Å². The van der Waals surface area contributed by atoms with Crippen LogP contribution in [0.1, 0.15) is 31.8 Å². The van der Waals surface area contributed by atoms with E-state index in [4.69, 9.17) is 4.74 Å². The molecule has 0 aliphatic heterocycles. The first-order valence-corrected chi connectivity index (χ1v) is 8.49. The monoisotopic (exact) mass is 456 g/mol. The van der Waals surface area contributed by atoms with Gasteiger partial charge >= 0.3 is 11.9 Å². The van der Waals surface area contributed by atoms with Gasteiger partial charge in [-0.2, -0.15) is 0 Å². The van der Waals surface area contributed by atoms with Crippen LogP contribution in [-0.2, 0) is 9.47 Å². The third-order valence-electron chi connectivity index (χ3n) is 3.39. The molecular formula is C19H21IO5. The van der Waals surface area contributed by atoms with Crippen molar-refractivity contribution in [3.63, 3.8) is 0 Å². The second-order valence-electron chi connectivity index (χ2n) is 5.13. The van der Waals surface area contributed by atoms with Crippen molar-refractivity contribution in [3.8, 4) is 5.75 Å². The summed E-state index contributed by atoms with van der Waals surface area (Å²) in [6.07, 6.45) is 0. The normalized spacial score (nSPS) is 9.52. The van der Waals surface area contributed by atoms with Crippen LogP contribution in [0.2, 0.25) is 0 Å². The van der Waals surface area contributed by atoms with Gasteiger partial charge in [-0.1, -0.05) is 0 Å². The fourth-order valence-corrected chi connectivity index (χ4v) is 2.35. The van der Waals surface area contributed by atoms with Crippen molar-refractivity contribution in [3.05, 3.63) is 62.2 Å². The van der Waals surface area contributed by atoms with E-state index >= 15 is 0 Å². The summed E-state index contributed by atoms with van der Waals surface area (Å²) < 4.78 is 15.4. The SMILES string of the molecule is COC(=O)c1ccc(I)c(C)c1.COC(=O)c1ccc(OC)c(C)c1. The molecule has 6 heteroatoms. The number of carbonyl (C=O) groups is 2. The van der Waals surface area contributed by atoms with Crippen LogP contribution in [0, 0.1) is 17.4 Å². The predicted molar refractivity (Wildman–Crippen MR) is 104 cm³/mol. The van der Waals surface area contributed by atoms with Gasteiger partial charge in [-0.3, -0.25) is 0 Å². The van der Waals surface area contributed by atoms with E-state index in [1.807, 2.05) is 26.0 Å². The molecule has 0 unspecified atom stereocenters. The fourth-order valence-electron chi connectivity index (χ4n) is 2.01. The Balaban J connectivity index is 0.000000251. The van der Waals surface area contributed by atoms with E-state index in [-0.39, 0.29) is 11.9 Å². The number of carbonyl (C=O) groups excluding carboxylic acids is 2. The molecule has 0 heterocycles. The molecule has 0 saturated heterocycles. The van der Waals surface area contributed by atoms with Crippen LogP contribution in [0.4, 0.5) is 0 Å². The molecule has 2 rings (SSSR count). The lowest BCUT2D eigenvalue weighted by Crippen LogP contribution is -2.01. The third-order valence-corrected chi connectivity index (χ3v) is 4.61. The molecule has 0 atom stereocenters. The lowest BCUT2D eigenvalue weighted by molar-refractivity contribution is 0.0591. The molecule has 5 nitrogen and oxygen atoms in total.